The van der Waals surface area contributed by atoms with Crippen molar-refractivity contribution >= 4 is 0 Å². The van der Waals surface area contributed by atoms with E-state index in [2.05, 4.69) is 19.1 Å². The minimum Gasteiger partial charge on any atom is -0.396 e. The maximum atomic E-state index is 8.60. The van der Waals surface area contributed by atoms with E-state index in [0.29, 0.717) is 6.61 Å². The molecule has 1 nitrogen and oxygen atoms in total. The molecule has 0 saturated carbocycles. The topological polar surface area (TPSA) is 20.2 Å². The van der Waals surface area contributed by atoms with E-state index in [1.807, 2.05) is 0 Å². The fourth-order valence-electron chi connectivity index (χ4n) is 1.66. The Kier molecular flexibility index (Phi) is 13.4. The molecule has 0 aliphatic carbocycles. The van der Waals surface area contributed by atoms with Gasteiger partial charge < -0.3 is 5.11 Å². The predicted octanol–water partition coefficient (Wildman–Crippen LogP) is 4.46. The quantitative estimate of drug-likeness (QED) is 0.396. The molecule has 0 amide bonds. The van der Waals surface area contributed by atoms with Crippen molar-refractivity contribution in [2.24, 2.45) is 0 Å². The normalized spacial score (nSPS) is 11.3. The van der Waals surface area contributed by atoms with E-state index in [9.17, 15) is 0 Å². The summed E-state index contributed by atoms with van der Waals surface area (Å²) < 4.78 is 0. The molecule has 0 rings (SSSR count). The monoisotopic (exact) mass is 212 g/mol. The zero-order valence-corrected chi connectivity index (χ0v) is 10.4. The largest absolute Gasteiger partial charge is 0.396 e. The minimum absolute atomic E-state index is 0.363. The van der Waals surface area contributed by atoms with Crippen LogP contribution < -0.4 is 0 Å². The Morgan fingerprint density at radius 1 is 0.733 bits per heavy atom. The summed E-state index contributed by atoms with van der Waals surface area (Å²) in [6, 6.07) is 0. The van der Waals surface area contributed by atoms with Gasteiger partial charge in [0.25, 0.3) is 0 Å². The molecule has 0 aromatic rings. The fourth-order valence-corrected chi connectivity index (χ4v) is 1.66. The molecule has 0 aliphatic rings. The van der Waals surface area contributed by atoms with Gasteiger partial charge in [0.05, 0.1) is 0 Å². The van der Waals surface area contributed by atoms with Gasteiger partial charge in [0.2, 0.25) is 0 Å². The van der Waals surface area contributed by atoms with E-state index >= 15 is 0 Å². The summed E-state index contributed by atoms with van der Waals surface area (Å²) in [5.41, 5.74) is 0. The van der Waals surface area contributed by atoms with Crippen molar-refractivity contribution in [1.29, 1.82) is 0 Å². The Labute approximate surface area is 95.6 Å². The van der Waals surface area contributed by atoms with Gasteiger partial charge in [-0.3, -0.25) is 0 Å². The third kappa shape index (κ3) is 13.7. The van der Waals surface area contributed by atoms with Gasteiger partial charge in [-0.25, -0.2) is 0 Å². The average molecular weight is 212 g/mol. The van der Waals surface area contributed by atoms with Crippen LogP contribution in [-0.4, -0.2) is 11.7 Å². The second-order valence-electron chi connectivity index (χ2n) is 4.25. The molecular weight excluding hydrogens is 184 g/mol. The molecular formula is C14H28O. The van der Waals surface area contributed by atoms with Crippen LogP contribution in [-0.2, 0) is 0 Å². The number of unbranched alkanes of at least 4 members (excludes halogenated alkanes) is 8. The standard InChI is InChI=1S/C14H28O/c1-2-3-4-5-6-7-8-9-10-11-12-13-14-15/h4-5,15H,2-3,6-14H2,1H3/b5-4-. The Bertz CT molecular complexity index is 129. The number of hydrogen-bond donors (Lipinski definition) is 1. The first kappa shape index (κ1) is 14.7. The summed E-state index contributed by atoms with van der Waals surface area (Å²) in [6.45, 7) is 2.58. The van der Waals surface area contributed by atoms with Crippen molar-refractivity contribution in [1.82, 2.24) is 0 Å². The van der Waals surface area contributed by atoms with Gasteiger partial charge in [-0.05, 0) is 25.7 Å². The van der Waals surface area contributed by atoms with Crippen molar-refractivity contribution in [3.8, 4) is 0 Å². The van der Waals surface area contributed by atoms with Crippen LogP contribution in [0.2, 0.25) is 0 Å². The van der Waals surface area contributed by atoms with E-state index in [-0.39, 0.29) is 0 Å². The Morgan fingerprint density at radius 2 is 1.27 bits per heavy atom. The van der Waals surface area contributed by atoms with Gasteiger partial charge in [-0.1, -0.05) is 57.6 Å². The smallest absolute Gasteiger partial charge is 0.0431 e. The highest BCUT2D eigenvalue weighted by molar-refractivity contribution is 4.80. The van der Waals surface area contributed by atoms with Crippen LogP contribution in [0.15, 0.2) is 12.2 Å². The molecule has 0 fully saturated rings. The molecule has 0 heterocycles. The van der Waals surface area contributed by atoms with E-state index in [4.69, 9.17) is 5.11 Å². The molecule has 0 spiro atoms. The molecule has 1 heteroatoms. The van der Waals surface area contributed by atoms with Crippen LogP contribution in [0.1, 0.15) is 71.1 Å². The number of rotatable bonds is 11. The highest BCUT2D eigenvalue weighted by atomic mass is 16.2. The summed E-state index contributed by atoms with van der Waals surface area (Å²) in [4.78, 5) is 0. The molecule has 0 radical (unpaired) electrons. The summed E-state index contributed by atoms with van der Waals surface area (Å²) in [5.74, 6) is 0. The van der Waals surface area contributed by atoms with Crippen molar-refractivity contribution in [2.45, 2.75) is 71.1 Å². The molecule has 0 bridgehead atoms. The summed E-state index contributed by atoms with van der Waals surface area (Å²) in [6.07, 6.45) is 17.3. The maximum absolute atomic E-state index is 8.60. The van der Waals surface area contributed by atoms with E-state index in [1.54, 1.807) is 0 Å². The zero-order valence-electron chi connectivity index (χ0n) is 10.4. The average Bonchev–Trinajstić information content (AvgIpc) is 2.26. The summed E-state index contributed by atoms with van der Waals surface area (Å²) in [5, 5.41) is 8.60. The van der Waals surface area contributed by atoms with Crippen LogP contribution in [0.3, 0.4) is 0 Å². The highest BCUT2D eigenvalue weighted by Gasteiger charge is 1.90. The lowest BCUT2D eigenvalue weighted by Gasteiger charge is -1.99. The van der Waals surface area contributed by atoms with Crippen molar-refractivity contribution in [3.63, 3.8) is 0 Å². The van der Waals surface area contributed by atoms with Crippen molar-refractivity contribution in [2.75, 3.05) is 6.61 Å². The lowest BCUT2D eigenvalue weighted by atomic mass is 10.1. The maximum Gasteiger partial charge on any atom is 0.0431 e. The molecule has 15 heavy (non-hydrogen) atoms. The van der Waals surface area contributed by atoms with Gasteiger partial charge >= 0.3 is 0 Å². The first-order valence-electron chi connectivity index (χ1n) is 6.67. The fraction of sp³-hybridized carbons (Fsp3) is 0.857. The van der Waals surface area contributed by atoms with E-state index in [0.717, 1.165) is 6.42 Å². The third-order valence-corrected chi connectivity index (χ3v) is 2.65. The second kappa shape index (κ2) is 13.7. The summed E-state index contributed by atoms with van der Waals surface area (Å²) in [7, 11) is 0. The zero-order chi connectivity index (χ0) is 11.2. The van der Waals surface area contributed by atoms with Crippen molar-refractivity contribution < 1.29 is 5.11 Å². The van der Waals surface area contributed by atoms with Gasteiger partial charge in [-0.2, -0.15) is 0 Å². The predicted molar refractivity (Wildman–Crippen MR) is 68.1 cm³/mol. The van der Waals surface area contributed by atoms with Gasteiger partial charge in [0, 0.05) is 6.61 Å². The second-order valence-corrected chi connectivity index (χ2v) is 4.25. The van der Waals surface area contributed by atoms with E-state index in [1.165, 1.54) is 57.8 Å². The molecule has 0 saturated heterocycles. The summed E-state index contributed by atoms with van der Waals surface area (Å²) >= 11 is 0. The minimum atomic E-state index is 0.363. The van der Waals surface area contributed by atoms with Gasteiger partial charge in [0.15, 0.2) is 0 Å². The van der Waals surface area contributed by atoms with E-state index < -0.39 is 0 Å². The van der Waals surface area contributed by atoms with Gasteiger partial charge in [0.1, 0.15) is 0 Å². The number of hydrogen-bond acceptors (Lipinski definition) is 1. The number of aliphatic hydroxyl groups is 1. The Hall–Kier alpha value is -0.300. The third-order valence-electron chi connectivity index (χ3n) is 2.65. The van der Waals surface area contributed by atoms with Crippen LogP contribution >= 0.6 is 0 Å². The molecule has 90 valence electrons. The lowest BCUT2D eigenvalue weighted by Crippen LogP contribution is -1.83. The number of allylic oxidation sites excluding steroid dienone is 2. The molecule has 0 aromatic heterocycles. The first-order chi connectivity index (χ1) is 7.41. The molecule has 0 atom stereocenters. The van der Waals surface area contributed by atoms with Crippen molar-refractivity contribution in [3.05, 3.63) is 12.2 Å². The lowest BCUT2D eigenvalue weighted by molar-refractivity contribution is 0.282. The highest BCUT2D eigenvalue weighted by Crippen LogP contribution is 2.08. The Balaban J connectivity index is 2.92. The first-order valence-corrected chi connectivity index (χ1v) is 6.67. The number of aliphatic hydroxyl groups excluding tert-OH is 1. The van der Waals surface area contributed by atoms with Crippen LogP contribution in [0, 0.1) is 0 Å². The van der Waals surface area contributed by atoms with Crippen LogP contribution in [0.5, 0.6) is 0 Å². The Morgan fingerprint density at radius 3 is 1.87 bits per heavy atom. The molecule has 0 aliphatic heterocycles. The van der Waals surface area contributed by atoms with Crippen LogP contribution in [0.25, 0.3) is 0 Å². The molecule has 0 aromatic carbocycles. The molecule has 1 N–H and O–H groups in total. The van der Waals surface area contributed by atoms with Gasteiger partial charge in [-0.15, -0.1) is 0 Å². The van der Waals surface area contributed by atoms with Crippen LogP contribution in [0.4, 0.5) is 0 Å². The molecule has 0 unspecified atom stereocenters. The SMILES string of the molecule is CCC/C=C\CCCCCCCCCO.